The maximum absolute atomic E-state index is 5.75. The minimum atomic E-state index is -0.134. The van der Waals surface area contributed by atoms with Crippen LogP contribution in [-0.4, -0.2) is 41.9 Å². The van der Waals surface area contributed by atoms with E-state index in [4.69, 9.17) is 4.74 Å². The Morgan fingerprint density at radius 1 is 0.966 bits per heavy atom. The summed E-state index contributed by atoms with van der Waals surface area (Å²) in [6.45, 7) is 10.8. The van der Waals surface area contributed by atoms with Gasteiger partial charge >= 0.3 is 0 Å². The lowest BCUT2D eigenvalue weighted by atomic mass is 9.68. The Morgan fingerprint density at radius 3 is 2.38 bits per heavy atom. The molecule has 0 unspecified atom stereocenters. The summed E-state index contributed by atoms with van der Waals surface area (Å²) in [5, 5.41) is 5.08. The third kappa shape index (κ3) is 2.52. The Kier molecular flexibility index (Phi) is 4.45. The van der Waals surface area contributed by atoms with Crippen LogP contribution in [0.1, 0.15) is 44.4 Å². The van der Waals surface area contributed by atoms with E-state index in [0.29, 0.717) is 0 Å². The highest BCUT2D eigenvalue weighted by molar-refractivity contribution is 5.62. The normalized spacial score (nSPS) is 28.3. The van der Waals surface area contributed by atoms with E-state index in [2.05, 4.69) is 103 Å². The number of hydrazine groups is 1. The number of fused-ring (bicyclic) bond motifs is 3. The zero-order chi connectivity index (χ0) is 20.1. The van der Waals surface area contributed by atoms with Crippen molar-refractivity contribution in [3.63, 3.8) is 0 Å². The lowest BCUT2D eigenvalue weighted by Gasteiger charge is -2.54. The standard InChI is InChI=1S/C25H31N3O/c1-4-25(26-16-18-29-19-17-26)24(2,3)23-22-13-9-8-10-20(22)14-15-27(23)28(25)21-11-6-5-7-12-21/h5-15,23H,4,16-19H2,1-3H3/t23-,25-/m1/s1. The van der Waals surface area contributed by atoms with E-state index in [0.717, 1.165) is 32.7 Å². The molecule has 2 saturated heterocycles. The van der Waals surface area contributed by atoms with Gasteiger partial charge < -0.3 is 4.74 Å². The van der Waals surface area contributed by atoms with E-state index in [1.165, 1.54) is 16.8 Å². The minimum absolute atomic E-state index is 0.00417. The van der Waals surface area contributed by atoms with Crippen molar-refractivity contribution < 1.29 is 4.74 Å². The predicted octanol–water partition coefficient (Wildman–Crippen LogP) is 4.91. The van der Waals surface area contributed by atoms with Crippen molar-refractivity contribution in [1.29, 1.82) is 0 Å². The van der Waals surface area contributed by atoms with Crippen molar-refractivity contribution in [2.24, 2.45) is 5.41 Å². The Balaban J connectivity index is 1.74. The summed E-state index contributed by atoms with van der Waals surface area (Å²) in [6.07, 6.45) is 5.60. The van der Waals surface area contributed by atoms with Gasteiger partial charge in [-0.15, -0.1) is 0 Å². The molecule has 3 heterocycles. The molecule has 0 amide bonds. The summed E-state index contributed by atoms with van der Waals surface area (Å²) in [7, 11) is 0. The first-order valence-corrected chi connectivity index (χ1v) is 10.8. The van der Waals surface area contributed by atoms with Gasteiger partial charge in [0, 0.05) is 24.7 Å². The molecule has 29 heavy (non-hydrogen) atoms. The molecule has 152 valence electrons. The number of nitrogens with zero attached hydrogens (tertiary/aromatic N) is 3. The number of ether oxygens (including phenoxy) is 1. The molecule has 0 N–H and O–H groups in total. The topological polar surface area (TPSA) is 19.0 Å². The monoisotopic (exact) mass is 389 g/mol. The van der Waals surface area contributed by atoms with Crippen LogP contribution in [0.5, 0.6) is 0 Å². The molecule has 0 aromatic heterocycles. The van der Waals surface area contributed by atoms with Gasteiger partial charge in [-0.3, -0.25) is 14.9 Å². The summed E-state index contributed by atoms with van der Waals surface area (Å²) < 4.78 is 5.75. The molecule has 2 atom stereocenters. The van der Waals surface area contributed by atoms with Gasteiger partial charge in [-0.1, -0.05) is 63.2 Å². The number of rotatable bonds is 3. The van der Waals surface area contributed by atoms with Gasteiger partial charge in [-0.2, -0.15) is 0 Å². The van der Waals surface area contributed by atoms with Crippen LogP contribution in [0.3, 0.4) is 0 Å². The van der Waals surface area contributed by atoms with E-state index in [9.17, 15) is 0 Å². The van der Waals surface area contributed by atoms with Gasteiger partial charge in [0.05, 0.1) is 24.9 Å². The summed E-state index contributed by atoms with van der Waals surface area (Å²) in [4.78, 5) is 2.68. The Bertz CT molecular complexity index is 903. The van der Waals surface area contributed by atoms with Crippen molar-refractivity contribution in [1.82, 2.24) is 9.91 Å². The molecule has 0 spiro atoms. The molecule has 2 aromatic rings. The molecule has 0 saturated carbocycles. The van der Waals surface area contributed by atoms with Crippen molar-refractivity contribution >= 4 is 11.8 Å². The minimum Gasteiger partial charge on any atom is -0.379 e. The van der Waals surface area contributed by atoms with Crippen molar-refractivity contribution in [3.8, 4) is 0 Å². The van der Waals surface area contributed by atoms with Crippen LogP contribution in [-0.2, 0) is 4.74 Å². The quantitative estimate of drug-likeness (QED) is 0.742. The zero-order valence-corrected chi connectivity index (χ0v) is 17.7. The van der Waals surface area contributed by atoms with Crippen LogP contribution < -0.4 is 5.01 Å². The van der Waals surface area contributed by atoms with Crippen LogP contribution in [0.2, 0.25) is 0 Å². The number of para-hydroxylation sites is 1. The van der Waals surface area contributed by atoms with E-state index < -0.39 is 0 Å². The second kappa shape index (κ2) is 6.89. The largest absolute Gasteiger partial charge is 0.379 e. The summed E-state index contributed by atoms with van der Waals surface area (Å²) in [6, 6.07) is 20.1. The molecule has 0 radical (unpaired) electrons. The number of benzene rings is 2. The second-order valence-electron chi connectivity index (χ2n) is 8.87. The third-order valence-corrected chi connectivity index (χ3v) is 7.29. The summed E-state index contributed by atoms with van der Waals surface area (Å²) in [5.41, 5.74) is 3.87. The van der Waals surface area contributed by atoms with Crippen LogP contribution in [0, 0.1) is 5.41 Å². The van der Waals surface area contributed by atoms with Gasteiger partial charge in [0.15, 0.2) is 0 Å². The van der Waals surface area contributed by atoms with Gasteiger partial charge in [-0.05, 0) is 35.8 Å². The first-order valence-electron chi connectivity index (χ1n) is 10.8. The number of hydrogen-bond donors (Lipinski definition) is 0. The van der Waals surface area contributed by atoms with E-state index >= 15 is 0 Å². The SMILES string of the molecule is CC[C@@]1(N2CCOCC2)N(c2ccccc2)N2C=Cc3ccccc3[C@@H]2C1(C)C. The number of anilines is 1. The van der Waals surface area contributed by atoms with Crippen molar-refractivity contribution in [2.75, 3.05) is 31.3 Å². The van der Waals surface area contributed by atoms with Crippen LogP contribution >= 0.6 is 0 Å². The molecule has 0 aliphatic carbocycles. The van der Waals surface area contributed by atoms with Gasteiger partial charge in [-0.25, -0.2) is 0 Å². The summed E-state index contributed by atoms with van der Waals surface area (Å²) in [5.74, 6) is 0. The molecule has 2 fully saturated rings. The maximum Gasteiger partial charge on any atom is 0.121 e. The molecular formula is C25H31N3O. The van der Waals surface area contributed by atoms with Crippen LogP contribution in [0.25, 0.3) is 6.08 Å². The fraction of sp³-hybridized carbons (Fsp3) is 0.440. The average Bonchev–Trinajstić information content (AvgIpc) is 2.99. The van der Waals surface area contributed by atoms with Gasteiger partial charge in [0.2, 0.25) is 0 Å². The Hall–Kier alpha value is -2.30. The molecule has 0 bridgehead atoms. The van der Waals surface area contributed by atoms with E-state index in [1.807, 2.05) is 0 Å². The van der Waals surface area contributed by atoms with Crippen LogP contribution in [0.4, 0.5) is 5.69 Å². The Morgan fingerprint density at radius 2 is 1.66 bits per heavy atom. The summed E-state index contributed by atoms with van der Waals surface area (Å²) >= 11 is 0. The molecule has 3 aliphatic rings. The van der Waals surface area contributed by atoms with Gasteiger partial charge in [0.1, 0.15) is 5.66 Å². The lowest BCUT2D eigenvalue weighted by Crippen LogP contribution is -2.67. The fourth-order valence-electron chi connectivity index (χ4n) is 6.10. The number of morpholine rings is 1. The highest BCUT2D eigenvalue weighted by Gasteiger charge is 2.65. The molecule has 3 aliphatic heterocycles. The molecule has 4 nitrogen and oxygen atoms in total. The maximum atomic E-state index is 5.75. The first-order chi connectivity index (χ1) is 14.1. The predicted molar refractivity (Wildman–Crippen MR) is 118 cm³/mol. The molecule has 2 aromatic carbocycles. The highest BCUT2D eigenvalue weighted by Crippen LogP contribution is 2.61. The first kappa shape index (κ1) is 18.7. The lowest BCUT2D eigenvalue weighted by molar-refractivity contribution is -0.0646. The van der Waals surface area contributed by atoms with E-state index in [1.54, 1.807) is 0 Å². The smallest absolute Gasteiger partial charge is 0.121 e. The molecule has 5 rings (SSSR count). The zero-order valence-electron chi connectivity index (χ0n) is 17.7. The highest BCUT2D eigenvalue weighted by atomic mass is 16.5. The average molecular weight is 390 g/mol. The van der Waals surface area contributed by atoms with Gasteiger partial charge in [0.25, 0.3) is 0 Å². The van der Waals surface area contributed by atoms with Crippen LogP contribution in [0.15, 0.2) is 60.8 Å². The molecule has 4 heteroatoms. The Labute approximate surface area is 174 Å². The van der Waals surface area contributed by atoms with Crippen molar-refractivity contribution in [2.45, 2.75) is 38.9 Å². The number of hydrogen-bond acceptors (Lipinski definition) is 4. The fourth-order valence-corrected chi connectivity index (χ4v) is 6.10. The van der Waals surface area contributed by atoms with E-state index in [-0.39, 0.29) is 17.1 Å². The molecular weight excluding hydrogens is 358 g/mol. The third-order valence-electron chi connectivity index (χ3n) is 7.29. The second-order valence-corrected chi connectivity index (χ2v) is 8.87. The van der Waals surface area contributed by atoms with Crippen molar-refractivity contribution in [3.05, 3.63) is 71.9 Å².